The van der Waals surface area contributed by atoms with E-state index in [4.69, 9.17) is 10.2 Å². The summed E-state index contributed by atoms with van der Waals surface area (Å²) in [5.74, 6) is 4.57. The van der Waals surface area contributed by atoms with Crippen molar-refractivity contribution in [3.05, 3.63) is 23.7 Å². The van der Waals surface area contributed by atoms with E-state index in [0.717, 1.165) is 17.6 Å². The molecule has 0 aromatic carbocycles. The van der Waals surface area contributed by atoms with Crippen LogP contribution in [0.15, 0.2) is 16.5 Å². The minimum absolute atomic E-state index is 0.277. The van der Waals surface area contributed by atoms with Crippen LogP contribution in [0.3, 0.4) is 0 Å². The maximum absolute atomic E-state index is 6.12. The average Bonchev–Trinajstić information content (AvgIpc) is 2.84. The van der Waals surface area contributed by atoms with Crippen LogP contribution in [0, 0.1) is 11.8 Å². The summed E-state index contributed by atoms with van der Waals surface area (Å²) in [5, 5.41) is 0. The fourth-order valence-corrected chi connectivity index (χ4v) is 3.70. The molecule has 2 fully saturated rings. The molecule has 0 bridgehead atoms. The Kier molecular flexibility index (Phi) is 4.18. The summed E-state index contributed by atoms with van der Waals surface area (Å²) in [5.41, 5.74) is 6.03. The van der Waals surface area contributed by atoms with Crippen molar-refractivity contribution in [2.75, 3.05) is 19.6 Å². The van der Waals surface area contributed by atoms with Crippen LogP contribution in [-0.2, 0) is 0 Å². The lowest BCUT2D eigenvalue weighted by atomic mass is 10.0. The van der Waals surface area contributed by atoms with Gasteiger partial charge in [-0.25, -0.2) is 0 Å². The van der Waals surface area contributed by atoms with Crippen molar-refractivity contribution < 1.29 is 4.42 Å². The van der Waals surface area contributed by atoms with Crippen molar-refractivity contribution in [2.45, 2.75) is 51.5 Å². The van der Waals surface area contributed by atoms with E-state index < -0.39 is 0 Å². The van der Waals surface area contributed by atoms with Gasteiger partial charge in [0.15, 0.2) is 0 Å². The van der Waals surface area contributed by atoms with Crippen molar-refractivity contribution in [3.63, 3.8) is 0 Å². The first kappa shape index (κ1) is 14.2. The molecule has 3 rings (SSSR count). The van der Waals surface area contributed by atoms with Crippen LogP contribution < -0.4 is 5.73 Å². The predicted octanol–water partition coefficient (Wildman–Crippen LogP) is 3.52. The van der Waals surface area contributed by atoms with Gasteiger partial charge in [-0.15, -0.1) is 0 Å². The van der Waals surface area contributed by atoms with Gasteiger partial charge in [-0.05, 0) is 49.8 Å². The van der Waals surface area contributed by atoms with Crippen LogP contribution in [0.25, 0.3) is 0 Å². The SMILES string of the molecule is CCCC1CCN(C(CN)c2ccc(C3CC3C)o2)C1. The molecule has 1 saturated heterocycles. The fraction of sp³-hybridized carbons (Fsp3) is 0.765. The van der Waals surface area contributed by atoms with Gasteiger partial charge in [-0.3, -0.25) is 4.90 Å². The van der Waals surface area contributed by atoms with Gasteiger partial charge in [0.05, 0.1) is 6.04 Å². The van der Waals surface area contributed by atoms with Crippen molar-refractivity contribution in [1.82, 2.24) is 4.90 Å². The van der Waals surface area contributed by atoms with E-state index in [1.807, 2.05) is 0 Å². The Morgan fingerprint density at radius 2 is 2.25 bits per heavy atom. The summed E-state index contributed by atoms with van der Waals surface area (Å²) in [6.07, 6.45) is 5.23. The fourth-order valence-electron chi connectivity index (χ4n) is 3.70. The maximum atomic E-state index is 6.12. The second kappa shape index (κ2) is 5.90. The summed E-state index contributed by atoms with van der Waals surface area (Å²) in [6.45, 7) is 7.59. The smallest absolute Gasteiger partial charge is 0.122 e. The van der Waals surface area contributed by atoms with Gasteiger partial charge in [0.2, 0.25) is 0 Å². The first-order chi connectivity index (χ1) is 9.72. The summed E-state index contributed by atoms with van der Waals surface area (Å²) in [4.78, 5) is 2.53. The Bertz CT molecular complexity index is 442. The molecule has 20 heavy (non-hydrogen) atoms. The third-order valence-corrected chi connectivity index (χ3v) is 5.13. The number of hydrogen-bond donors (Lipinski definition) is 1. The highest BCUT2D eigenvalue weighted by Gasteiger charge is 2.37. The van der Waals surface area contributed by atoms with Gasteiger partial charge in [0, 0.05) is 19.0 Å². The van der Waals surface area contributed by atoms with E-state index in [1.165, 1.54) is 44.5 Å². The third kappa shape index (κ3) is 2.79. The molecule has 2 heterocycles. The topological polar surface area (TPSA) is 42.4 Å². The second-order valence-electron chi connectivity index (χ2n) is 6.75. The van der Waals surface area contributed by atoms with Crippen LogP contribution in [0.4, 0.5) is 0 Å². The highest BCUT2D eigenvalue weighted by molar-refractivity contribution is 5.19. The molecule has 0 spiro atoms. The number of nitrogens with zero attached hydrogens (tertiary/aromatic N) is 1. The molecule has 3 heteroatoms. The summed E-state index contributed by atoms with van der Waals surface area (Å²) in [6, 6.07) is 4.61. The Balaban J connectivity index is 1.65. The molecule has 1 aromatic rings. The molecule has 1 aliphatic carbocycles. The zero-order chi connectivity index (χ0) is 14.1. The minimum Gasteiger partial charge on any atom is -0.464 e. The monoisotopic (exact) mass is 276 g/mol. The molecule has 2 aliphatic rings. The van der Waals surface area contributed by atoms with E-state index >= 15 is 0 Å². The van der Waals surface area contributed by atoms with Gasteiger partial charge in [-0.1, -0.05) is 20.3 Å². The van der Waals surface area contributed by atoms with Crippen LogP contribution >= 0.6 is 0 Å². The van der Waals surface area contributed by atoms with Gasteiger partial charge >= 0.3 is 0 Å². The zero-order valence-corrected chi connectivity index (χ0v) is 12.8. The largest absolute Gasteiger partial charge is 0.464 e. The summed E-state index contributed by atoms with van der Waals surface area (Å²) in [7, 11) is 0. The van der Waals surface area contributed by atoms with Gasteiger partial charge in [-0.2, -0.15) is 0 Å². The molecular weight excluding hydrogens is 248 g/mol. The number of nitrogens with two attached hydrogens (primary N) is 1. The number of likely N-dealkylation sites (tertiary alicyclic amines) is 1. The molecule has 4 unspecified atom stereocenters. The summed E-state index contributed by atoms with van der Waals surface area (Å²) >= 11 is 0. The van der Waals surface area contributed by atoms with Crippen LogP contribution in [0.2, 0.25) is 0 Å². The van der Waals surface area contributed by atoms with Crippen LogP contribution in [-0.4, -0.2) is 24.5 Å². The first-order valence-corrected chi connectivity index (χ1v) is 8.26. The molecule has 0 amide bonds. The van der Waals surface area contributed by atoms with E-state index in [0.29, 0.717) is 12.5 Å². The normalized spacial score (nSPS) is 31.6. The molecule has 2 N–H and O–H groups in total. The predicted molar refractivity (Wildman–Crippen MR) is 81.6 cm³/mol. The maximum Gasteiger partial charge on any atom is 0.122 e. The van der Waals surface area contributed by atoms with Crippen molar-refractivity contribution in [3.8, 4) is 0 Å². The second-order valence-corrected chi connectivity index (χ2v) is 6.75. The standard InChI is InChI=1S/C17H28N2O/c1-3-4-13-7-8-19(11-13)15(10-18)17-6-5-16(20-17)14-9-12(14)2/h5-6,12-15H,3-4,7-11,18H2,1-2H3. The van der Waals surface area contributed by atoms with Crippen LogP contribution in [0.1, 0.15) is 63.0 Å². The third-order valence-electron chi connectivity index (χ3n) is 5.13. The van der Waals surface area contributed by atoms with Gasteiger partial charge in [0.25, 0.3) is 0 Å². The molecule has 112 valence electrons. The molecule has 0 radical (unpaired) electrons. The Hall–Kier alpha value is -0.800. The van der Waals surface area contributed by atoms with Crippen molar-refractivity contribution in [2.24, 2.45) is 17.6 Å². The van der Waals surface area contributed by atoms with Crippen molar-refractivity contribution in [1.29, 1.82) is 0 Å². The van der Waals surface area contributed by atoms with Crippen molar-refractivity contribution >= 4 is 0 Å². The van der Waals surface area contributed by atoms with E-state index in [2.05, 4.69) is 30.9 Å². The first-order valence-electron chi connectivity index (χ1n) is 8.26. The van der Waals surface area contributed by atoms with E-state index in [9.17, 15) is 0 Å². The number of hydrogen-bond acceptors (Lipinski definition) is 3. The number of furan rings is 1. The van der Waals surface area contributed by atoms with E-state index in [1.54, 1.807) is 0 Å². The number of rotatable bonds is 6. The Morgan fingerprint density at radius 3 is 2.90 bits per heavy atom. The average molecular weight is 276 g/mol. The molecule has 1 aromatic heterocycles. The van der Waals surface area contributed by atoms with E-state index in [-0.39, 0.29) is 6.04 Å². The molecule has 3 nitrogen and oxygen atoms in total. The van der Waals surface area contributed by atoms with Crippen LogP contribution in [0.5, 0.6) is 0 Å². The Morgan fingerprint density at radius 1 is 1.45 bits per heavy atom. The lowest BCUT2D eigenvalue weighted by molar-refractivity contribution is 0.209. The molecule has 1 saturated carbocycles. The highest BCUT2D eigenvalue weighted by atomic mass is 16.3. The minimum atomic E-state index is 0.277. The lowest BCUT2D eigenvalue weighted by Crippen LogP contribution is -2.31. The highest BCUT2D eigenvalue weighted by Crippen LogP contribution is 2.47. The molecule has 1 aliphatic heterocycles. The molecular formula is C17H28N2O. The summed E-state index contributed by atoms with van der Waals surface area (Å²) < 4.78 is 6.12. The quantitative estimate of drug-likeness (QED) is 0.864. The zero-order valence-electron chi connectivity index (χ0n) is 12.8. The van der Waals surface area contributed by atoms with Gasteiger partial charge in [0.1, 0.15) is 11.5 Å². The Labute approximate surface area is 122 Å². The van der Waals surface area contributed by atoms with Gasteiger partial charge < -0.3 is 10.2 Å². The molecule has 4 atom stereocenters. The lowest BCUT2D eigenvalue weighted by Gasteiger charge is -2.25.